The summed E-state index contributed by atoms with van der Waals surface area (Å²) in [5, 5.41) is 3.31. The molecular weight excluding hydrogens is 114 g/mol. The van der Waals surface area contributed by atoms with E-state index < -0.39 is 0 Å². The third-order valence-corrected chi connectivity index (χ3v) is 1.58. The largest absolute Gasteiger partial charge is 0.323 e. The first-order chi connectivity index (χ1) is 4.34. The minimum atomic E-state index is 0.0243. The number of nitrogens with one attached hydrogen (secondary N) is 1. The molecule has 1 atom stereocenters. The fourth-order valence-corrected chi connectivity index (χ4v) is 1.02. The molecule has 1 unspecified atom stereocenters. The number of nitrogens with zero attached hydrogens (tertiary/aromatic N) is 1. The lowest BCUT2D eigenvalue weighted by Crippen LogP contribution is -2.23. The summed E-state index contributed by atoms with van der Waals surface area (Å²) in [4.78, 5) is 0. The maximum atomic E-state index is 6.70. The quantitative estimate of drug-likeness (QED) is 0.511. The van der Waals surface area contributed by atoms with Gasteiger partial charge in [0, 0.05) is 6.04 Å². The highest BCUT2D eigenvalue weighted by Gasteiger charge is 2.11. The van der Waals surface area contributed by atoms with Crippen LogP contribution in [-0.2, 0) is 0 Å². The average molecular weight is 125 g/mol. The van der Waals surface area contributed by atoms with Gasteiger partial charge in [-0.05, 0) is 19.3 Å². The first-order valence-corrected chi connectivity index (χ1v) is 3.17. The fraction of sp³-hybridized carbons (Fsp3) is 0.667. The van der Waals surface area contributed by atoms with Gasteiger partial charge in [-0.3, -0.25) is 0 Å². The standard InChI is InChI=1S/C6H11N3/c7-5-3-1-2-4-6(5)9-8/h4-5,8H,1-3,7H2. The van der Waals surface area contributed by atoms with Gasteiger partial charge < -0.3 is 5.73 Å². The van der Waals surface area contributed by atoms with E-state index in [1.165, 1.54) is 0 Å². The third kappa shape index (κ3) is 1.36. The zero-order valence-corrected chi connectivity index (χ0v) is 5.30. The molecule has 1 aliphatic rings. The van der Waals surface area contributed by atoms with Crippen LogP contribution in [0, 0.1) is 5.53 Å². The number of allylic oxidation sites excluding steroid dienone is 1. The van der Waals surface area contributed by atoms with E-state index in [0.29, 0.717) is 0 Å². The third-order valence-electron chi connectivity index (χ3n) is 1.58. The molecule has 0 aromatic rings. The normalized spacial score (nSPS) is 27.2. The van der Waals surface area contributed by atoms with E-state index >= 15 is 0 Å². The van der Waals surface area contributed by atoms with Crippen LogP contribution in [0.4, 0.5) is 0 Å². The molecule has 1 aliphatic carbocycles. The number of rotatable bonds is 1. The van der Waals surface area contributed by atoms with Crippen molar-refractivity contribution in [2.75, 3.05) is 0 Å². The highest BCUT2D eigenvalue weighted by Crippen LogP contribution is 2.16. The van der Waals surface area contributed by atoms with Gasteiger partial charge in [-0.25, -0.2) is 5.53 Å². The molecule has 0 amide bonds. The van der Waals surface area contributed by atoms with Gasteiger partial charge in [0.1, 0.15) is 0 Å². The van der Waals surface area contributed by atoms with Crippen LogP contribution in [0.5, 0.6) is 0 Å². The summed E-state index contributed by atoms with van der Waals surface area (Å²) in [5.74, 6) is 0. The Kier molecular flexibility index (Phi) is 1.95. The van der Waals surface area contributed by atoms with E-state index in [0.717, 1.165) is 25.0 Å². The lowest BCUT2D eigenvalue weighted by atomic mass is 10.0. The van der Waals surface area contributed by atoms with Crippen molar-refractivity contribution in [1.82, 2.24) is 0 Å². The molecule has 0 aromatic heterocycles. The Morgan fingerprint density at radius 1 is 1.78 bits per heavy atom. The molecule has 50 valence electrons. The molecule has 0 spiro atoms. The zero-order chi connectivity index (χ0) is 6.69. The summed E-state index contributed by atoms with van der Waals surface area (Å²) < 4.78 is 0. The van der Waals surface area contributed by atoms with Crippen LogP contribution >= 0.6 is 0 Å². The van der Waals surface area contributed by atoms with E-state index in [4.69, 9.17) is 11.3 Å². The van der Waals surface area contributed by atoms with Crippen molar-refractivity contribution < 1.29 is 0 Å². The van der Waals surface area contributed by atoms with Gasteiger partial charge in [0.25, 0.3) is 0 Å². The monoisotopic (exact) mass is 125 g/mol. The van der Waals surface area contributed by atoms with Crippen LogP contribution in [0.15, 0.2) is 16.9 Å². The van der Waals surface area contributed by atoms with Gasteiger partial charge in [0.15, 0.2) is 0 Å². The molecule has 0 aliphatic heterocycles. The molecule has 0 radical (unpaired) electrons. The second-order valence-corrected chi connectivity index (χ2v) is 2.28. The molecule has 3 nitrogen and oxygen atoms in total. The molecule has 0 saturated carbocycles. The predicted molar refractivity (Wildman–Crippen MR) is 35.1 cm³/mol. The molecule has 0 heterocycles. The smallest absolute Gasteiger partial charge is 0.0751 e. The molecule has 0 bridgehead atoms. The Morgan fingerprint density at radius 2 is 2.56 bits per heavy atom. The van der Waals surface area contributed by atoms with E-state index in [1.54, 1.807) is 0 Å². The molecular formula is C6H11N3. The van der Waals surface area contributed by atoms with Crippen molar-refractivity contribution in [3.8, 4) is 0 Å². The molecule has 3 heteroatoms. The maximum Gasteiger partial charge on any atom is 0.0751 e. The van der Waals surface area contributed by atoms with Crippen molar-refractivity contribution in [3.05, 3.63) is 11.8 Å². The SMILES string of the molecule is N=NC1=CCCCC1N. The Hall–Kier alpha value is -0.700. The fourth-order valence-electron chi connectivity index (χ4n) is 1.02. The summed E-state index contributed by atoms with van der Waals surface area (Å²) in [6.45, 7) is 0. The average Bonchev–Trinajstić information content (AvgIpc) is 1.89. The summed E-state index contributed by atoms with van der Waals surface area (Å²) in [6, 6.07) is 0.0243. The van der Waals surface area contributed by atoms with Gasteiger partial charge in [0.2, 0.25) is 0 Å². The van der Waals surface area contributed by atoms with Gasteiger partial charge in [-0.15, -0.1) is 0 Å². The predicted octanol–water partition coefficient (Wildman–Crippen LogP) is 1.41. The van der Waals surface area contributed by atoms with E-state index in [-0.39, 0.29) is 6.04 Å². The number of hydrogen-bond donors (Lipinski definition) is 2. The van der Waals surface area contributed by atoms with Crippen molar-refractivity contribution in [3.63, 3.8) is 0 Å². The van der Waals surface area contributed by atoms with E-state index in [1.807, 2.05) is 6.08 Å². The molecule has 0 aromatic carbocycles. The maximum absolute atomic E-state index is 6.70. The molecule has 9 heavy (non-hydrogen) atoms. The summed E-state index contributed by atoms with van der Waals surface area (Å²) in [5.41, 5.74) is 13.1. The number of hydrogen-bond acceptors (Lipinski definition) is 3. The second-order valence-electron chi connectivity index (χ2n) is 2.28. The van der Waals surface area contributed by atoms with Gasteiger partial charge in [-0.1, -0.05) is 6.08 Å². The van der Waals surface area contributed by atoms with Gasteiger partial charge in [0.05, 0.1) is 5.70 Å². The highest BCUT2D eigenvalue weighted by atomic mass is 15.0. The van der Waals surface area contributed by atoms with Crippen molar-refractivity contribution in [2.45, 2.75) is 25.3 Å². The lowest BCUT2D eigenvalue weighted by molar-refractivity contribution is 0.600. The summed E-state index contributed by atoms with van der Waals surface area (Å²) >= 11 is 0. The Balaban J connectivity index is 2.63. The van der Waals surface area contributed by atoms with Gasteiger partial charge >= 0.3 is 0 Å². The van der Waals surface area contributed by atoms with Crippen LogP contribution in [0.25, 0.3) is 0 Å². The molecule has 1 rings (SSSR count). The van der Waals surface area contributed by atoms with Crippen LogP contribution in [0.3, 0.4) is 0 Å². The van der Waals surface area contributed by atoms with Crippen molar-refractivity contribution in [1.29, 1.82) is 5.53 Å². The minimum absolute atomic E-state index is 0.0243. The Morgan fingerprint density at radius 3 is 3.00 bits per heavy atom. The first kappa shape index (κ1) is 6.42. The van der Waals surface area contributed by atoms with E-state index in [9.17, 15) is 0 Å². The second kappa shape index (κ2) is 2.73. The van der Waals surface area contributed by atoms with Crippen LogP contribution in [0.1, 0.15) is 19.3 Å². The van der Waals surface area contributed by atoms with Gasteiger partial charge in [-0.2, -0.15) is 5.11 Å². The minimum Gasteiger partial charge on any atom is -0.323 e. The summed E-state index contributed by atoms with van der Waals surface area (Å²) in [6.07, 6.45) is 5.10. The topological polar surface area (TPSA) is 62.2 Å². The first-order valence-electron chi connectivity index (χ1n) is 3.17. The van der Waals surface area contributed by atoms with Crippen LogP contribution in [-0.4, -0.2) is 6.04 Å². The molecule has 0 saturated heterocycles. The van der Waals surface area contributed by atoms with Crippen LogP contribution in [0.2, 0.25) is 0 Å². The number of nitrogens with two attached hydrogens (primary N) is 1. The zero-order valence-electron chi connectivity index (χ0n) is 5.30. The summed E-state index contributed by atoms with van der Waals surface area (Å²) in [7, 11) is 0. The van der Waals surface area contributed by atoms with Crippen molar-refractivity contribution in [2.24, 2.45) is 10.8 Å². The van der Waals surface area contributed by atoms with E-state index in [2.05, 4.69) is 5.11 Å². The molecule has 0 fully saturated rings. The molecule has 3 N–H and O–H groups in total. The Bertz CT molecular complexity index is 139. The van der Waals surface area contributed by atoms with Crippen molar-refractivity contribution >= 4 is 0 Å². The Labute approximate surface area is 54.4 Å². The van der Waals surface area contributed by atoms with Crippen LogP contribution < -0.4 is 5.73 Å². The lowest BCUT2D eigenvalue weighted by Gasteiger charge is -2.14. The highest BCUT2D eigenvalue weighted by molar-refractivity contribution is 5.09.